The summed E-state index contributed by atoms with van der Waals surface area (Å²) in [5.74, 6) is 0.310. The van der Waals surface area contributed by atoms with Crippen molar-refractivity contribution in [3.05, 3.63) is 71.1 Å². The average molecular weight is 279 g/mol. The highest BCUT2D eigenvalue weighted by molar-refractivity contribution is 6.31. The van der Waals surface area contributed by atoms with Gasteiger partial charge in [-0.25, -0.2) is 4.39 Å². The molecule has 0 aliphatic heterocycles. The van der Waals surface area contributed by atoms with Crippen LogP contribution < -0.4 is 4.74 Å². The molecule has 0 aliphatic rings. The van der Waals surface area contributed by atoms with Crippen molar-refractivity contribution in [3.8, 4) is 5.75 Å². The minimum Gasteiger partial charge on any atom is -0.497 e. The molecule has 1 nitrogen and oxygen atoms in total. The van der Waals surface area contributed by atoms with Crippen molar-refractivity contribution >= 4 is 17.7 Å². The minimum absolute atomic E-state index is 0.0113. The highest BCUT2D eigenvalue weighted by Gasteiger charge is 1.96. The zero-order chi connectivity index (χ0) is 14.3. The fourth-order valence-corrected chi connectivity index (χ4v) is 1.41. The lowest BCUT2D eigenvalue weighted by Gasteiger charge is -1.99. The summed E-state index contributed by atoms with van der Waals surface area (Å²) in [5, 5.41) is 0.0113. The van der Waals surface area contributed by atoms with Gasteiger partial charge in [-0.05, 0) is 42.3 Å². The van der Waals surface area contributed by atoms with E-state index in [0.717, 1.165) is 16.9 Å². The smallest absolute Gasteiger partial charge is 0.142 e. The number of halogens is 2. The van der Waals surface area contributed by atoms with Gasteiger partial charge in [-0.2, -0.15) is 0 Å². The van der Waals surface area contributed by atoms with E-state index in [1.165, 1.54) is 12.2 Å². The summed E-state index contributed by atoms with van der Waals surface area (Å²) in [6, 6.07) is 7.58. The van der Waals surface area contributed by atoms with E-state index in [1.54, 1.807) is 14.0 Å². The van der Waals surface area contributed by atoms with Crippen molar-refractivity contribution < 1.29 is 9.13 Å². The second-order valence-electron chi connectivity index (χ2n) is 3.89. The van der Waals surface area contributed by atoms with Crippen LogP contribution in [0.4, 0.5) is 4.39 Å². The topological polar surface area (TPSA) is 9.23 Å². The van der Waals surface area contributed by atoms with Crippen LogP contribution in [0.15, 0.2) is 65.5 Å². The number of ether oxygens (including phenoxy) is 1. The lowest BCUT2D eigenvalue weighted by atomic mass is 10.1. The van der Waals surface area contributed by atoms with Gasteiger partial charge in [-0.3, -0.25) is 0 Å². The number of hydrogen-bond acceptors (Lipinski definition) is 1. The molecule has 100 valence electrons. The van der Waals surface area contributed by atoms with Gasteiger partial charge < -0.3 is 4.74 Å². The molecule has 0 unspecified atom stereocenters. The summed E-state index contributed by atoms with van der Waals surface area (Å²) in [6.45, 7) is 5.21. The van der Waals surface area contributed by atoms with Crippen LogP contribution in [0, 0.1) is 0 Å². The molecular weight excluding hydrogens is 263 g/mol. The standard InChI is InChI=1S/C16H16ClFO/c1-4-15(17)16(18)11-12(2)5-6-13-7-9-14(19-3)10-8-13/h4-11H,1H2,2-3H3/b6-5+,12-11+,16-15-. The van der Waals surface area contributed by atoms with Gasteiger partial charge in [0.1, 0.15) is 11.6 Å². The molecule has 0 aliphatic carbocycles. The van der Waals surface area contributed by atoms with Gasteiger partial charge in [0.05, 0.1) is 12.1 Å². The SMILES string of the molecule is C=C\C(Cl)=C(F)/C=C(C)/C=C/c1ccc(OC)cc1. The maximum atomic E-state index is 13.4. The van der Waals surface area contributed by atoms with Gasteiger partial charge in [0.25, 0.3) is 0 Å². The molecule has 0 aromatic heterocycles. The third-order valence-electron chi connectivity index (χ3n) is 2.42. The zero-order valence-electron chi connectivity index (χ0n) is 11.0. The van der Waals surface area contributed by atoms with Gasteiger partial charge in [-0.15, -0.1) is 0 Å². The Balaban J connectivity index is 2.80. The van der Waals surface area contributed by atoms with Crippen LogP contribution in [0.2, 0.25) is 0 Å². The third kappa shape index (κ3) is 5.14. The maximum Gasteiger partial charge on any atom is 0.142 e. The molecule has 19 heavy (non-hydrogen) atoms. The molecule has 3 heteroatoms. The van der Waals surface area contributed by atoms with E-state index in [0.29, 0.717) is 0 Å². The molecule has 1 rings (SSSR count). The highest BCUT2D eigenvalue weighted by atomic mass is 35.5. The second-order valence-corrected chi connectivity index (χ2v) is 4.30. The van der Waals surface area contributed by atoms with E-state index in [-0.39, 0.29) is 5.03 Å². The first-order valence-electron chi connectivity index (χ1n) is 5.75. The monoisotopic (exact) mass is 278 g/mol. The van der Waals surface area contributed by atoms with E-state index in [2.05, 4.69) is 6.58 Å². The largest absolute Gasteiger partial charge is 0.497 e. The van der Waals surface area contributed by atoms with Crippen LogP contribution in [-0.2, 0) is 0 Å². The Morgan fingerprint density at radius 3 is 2.47 bits per heavy atom. The Hall–Kier alpha value is -1.80. The predicted octanol–water partition coefficient (Wildman–Crippen LogP) is 5.26. The zero-order valence-corrected chi connectivity index (χ0v) is 11.7. The molecule has 1 aromatic rings. The molecular formula is C16H16ClFO. The average Bonchev–Trinajstić information content (AvgIpc) is 2.44. The molecule has 0 amide bonds. The molecule has 0 bridgehead atoms. The second kappa shape index (κ2) is 7.59. The van der Waals surface area contributed by atoms with Crippen molar-refractivity contribution in [2.75, 3.05) is 7.11 Å². The fourth-order valence-electron chi connectivity index (χ4n) is 1.36. The summed E-state index contributed by atoms with van der Waals surface area (Å²) in [5.41, 5.74) is 1.76. The number of rotatable bonds is 5. The lowest BCUT2D eigenvalue weighted by molar-refractivity contribution is 0.415. The first kappa shape index (κ1) is 15.3. The molecule has 0 saturated heterocycles. The van der Waals surface area contributed by atoms with Crippen LogP contribution >= 0.6 is 11.6 Å². The Labute approximate surface area is 118 Å². The molecule has 0 heterocycles. The molecule has 0 fully saturated rings. The van der Waals surface area contributed by atoms with Crippen LogP contribution in [-0.4, -0.2) is 7.11 Å². The van der Waals surface area contributed by atoms with Crippen molar-refractivity contribution in [3.63, 3.8) is 0 Å². The Kier molecular flexibility index (Phi) is 6.10. The summed E-state index contributed by atoms with van der Waals surface area (Å²) >= 11 is 5.61. The summed E-state index contributed by atoms with van der Waals surface area (Å²) < 4.78 is 18.5. The molecule has 1 aromatic carbocycles. The van der Waals surface area contributed by atoms with Gasteiger partial charge in [0, 0.05) is 0 Å². The number of allylic oxidation sites excluding steroid dienone is 6. The number of methoxy groups -OCH3 is 1. The summed E-state index contributed by atoms with van der Waals surface area (Å²) in [7, 11) is 1.62. The number of hydrogen-bond donors (Lipinski definition) is 0. The molecule has 0 radical (unpaired) electrons. The lowest BCUT2D eigenvalue weighted by Crippen LogP contribution is -1.81. The van der Waals surface area contributed by atoms with Gasteiger partial charge >= 0.3 is 0 Å². The molecule has 0 saturated carbocycles. The quantitative estimate of drug-likeness (QED) is 0.668. The van der Waals surface area contributed by atoms with Crippen LogP contribution in [0.1, 0.15) is 12.5 Å². The normalized spacial score (nSPS) is 13.4. The van der Waals surface area contributed by atoms with Gasteiger partial charge in [0.15, 0.2) is 0 Å². The Morgan fingerprint density at radius 1 is 1.32 bits per heavy atom. The van der Waals surface area contributed by atoms with Crippen LogP contribution in [0.25, 0.3) is 6.08 Å². The predicted molar refractivity (Wildman–Crippen MR) is 80.0 cm³/mol. The molecule has 0 atom stereocenters. The van der Waals surface area contributed by atoms with Gasteiger partial charge in [0.2, 0.25) is 0 Å². The summed E-state index contributed by atoms with van der Waals surface area (Å²) in [6.07, 6.45) is 6.34. The van der Waals surface area contributed by atoms with Crippen LogP contribution in [0.5, 0.6) is 5.75 Å². The van der Waals surface area contributed by atoms with E-state index in [9.17, 15) is 4.39 Å². The minimum atomic E-state index is -0.492. The van der Waals surface area contributed by atoms with Crippen molar-refractivity contribution in [1.29, 1.82) is 0 Å². The van der Waals surface area contributed by atoms with E-state index in [4.69, 9.17) is 16.3 Å². The Bertz CT molecular complexity index is 524. The van der Waals surface area contributed by atoms with Gasteiger partial charge in [-0.1, -0.05) is 42.5 Å². The molecule has 0 N–H and O–H groups in total. The van der Waals surface area contributed by atoms with Crippen LogP contribution in [0.3, 0.4) is 0 Å². The fraction of sp³-hybridized carbons (Fsp3) is 0.125. The van der Waals surface area contributed by atoms with Crippen molar-refractivity contribution in [1.82, 2.24) is 0 Å². The first-order chi connectivity index (χ1) is 9.06. The first-order valence-corrected chi connectivity index (χ1v) is 6.12. The maximum absolute atomic E-state index is 13.4. The van der Waals surface area contributed by atoms with E-state index < -0.39 is 5.83 Å². The third-order valence-corrected chi connectivity index (χ3v) is 2.75. The summed E-state index contributed by atoms with van der Waals surface area (Å²) in [4.78, 5) is 0. The van der Waals surface area contributed by atoms with Crippen molar-refractivity contribution in [2.24, 2.45) is 0 Å². The highest BCUT2D eigenvalue weighted by Crippen LogP contribution is 2.17. The number of benzene rings is 1. The Morgan fingerprint density at radius 2 is 1.95 bits per heavy atom. The van der Waals surface area contributed by atoms with E-state index >= 15 is 0 Å². The van der Waals surface area contributed by atoms with Crippen molar-refractivity contribution in [2.45, 2.75) is 6.92 Å². The van der Waals surface area contributed by atoms with E-state index in [1.807, 2.05) is 36.4 Å². The molecule has 0 spiro atoms.